The summed E-state index contributed by atoms with van der Waals surface area (Å²) in [5.41, 5.74) is 5.98. The molecular formula is C23H34NO5P. The first kappa shape index (κ1) is 23.2. The van der Waals surface area contributed by atoms with Crippen LogP contribution in [-0.4, -0.2) is 22.5 Å². The van der Waals surface area contributed by atoms with Crippen molar-refractivity contribution < 1.29 is 23.6 Å². The number of fused-ring (bicyclic) bond motifs is 1. The normalized spacial score (nSPS) is 22.0. The van der Waals surface area contributed by atoms with Crippen molar-refractivity contribution in [3.05, 3.63) is 42.0 Å². The molecule has 6 nitrogen and oxygen atoms in total. The summed E-state index contributed by atoms with van der Waals surface area (Å²) in [5, 5.41) is 2.04. The quantitative estimate of drug-likeness (QED) is 0.465. The van der Waals surface area contributed by atoms with Crippen molar-refractivity contribution in [1.82, 2.24) is 0 Å². The van der Waals surface area contributed by atoms with E-state index in [1.54, 1.807) is 6.92 Å². The van der Waals surface area contributed by atoms with Crippen molar-refractivity contribution in [1.29, 1.82) is 0 Å². The molecule has 0 aromatic heterocycles. The monoisotopic (exact) mass is 435 g/mol. The van der Waals surface area contributed by atoms with Crippen LogP contribution in [0.1, 0.15) is 64.4 Å². The van der Waals surface area contributed by atoms with E-state index < -0.39 is 13.4 Å². The molecule has 0 amide bonds. The molecule has 0 aliphatic heterocycles. The first-order valence-corrected chi connectivity index (χ1v) is 12.4. The molecule has 1 atom stereocenters. The lowest BCUT2D eigenvalue weighted by Crippen LogP contribution is -2.37. The second-order valence-electron chi connectivity index (χ2n) is 8.81. The van der Waals surface area contributed by atoms with Gasteiger partial charge in [-0.3, -0.25) is 4.52 Å². The lowest BCUT2D eigenvalue weighted by molar-refractivity contribution is 0.128. The van der Waals surface area contributed by atoms with Crippen molar-refractivity contribution in [2.75, 3.05) is 6.61 Å². The molecule has 0 spiro atoms. The Morgan fingerprint density at radius 3 is 2.43 bits per heavy atom. The number of ether oxygens (including phenoxy) is 1. The van der Waals surface area contributed by atoms with E-state index in [0.717, 1.165) is 40.8 Å². The highest BCUT2D eigenvalue weighted by Crippen LogP contribution is 2.38. The summed E-state index contributed by atoms with van der Waals surface area (Å²) in [7, 11) is -4.56. The van der Waals surface area contributed by atoms with Crippen molar-refractivity contribution in [3.63, 3.8) is 0 Å². The standard InChI is InChI=1S/C23H34NO5P/c1-3-4-5-17-6-11-21(12-7-17)29-22-13-9-18-14-20(10-8-19(18)15-22)23(2,24)16-28-30(25,26)27/h8-10,13-15,17,21H,3-7,11-12,16,24H2,1-2H3,(H2,25,26,27). The Morgan fingerprint density at radius 2 is 1.77 bits per heavy atom. The maximum absolute atomic E-state index is 11.0. The Hall–Kier alpha value is -1.43. The van der Waals surface area contributed by atoms with Crippen LogP contribution in [0.25, 0.3) is 10.8 Å². The van der Waals surface area contributed by atoms with Crippen LogP contribution in [0.4, 0.5) is 0 Å². The summed E-state index contributed by atoms with van der Waals surface area (Å²) in [6, 6.07) is 11.8. The van der Waals surface area contributed by atoms with Gasteiger partial charge in [0.25, 0.3) is 0 Å². The van der Waals surface area contributed by atoms with Crippen molar-refractivity contribution in [2.24, 2.45) is 11.7 Å². The molecule has 1 saturated carbocycles. The van der Waals surface area contributed by atoms with Gasteiger partial charge in [-0.25, -0.2) is 4.57 Å². The molecule has 1 aliphatic rings. The molecule has 2 aromatic carbocycles. The third-order valence-electron chi connectivity index (χ3n) is 6.07. The van der Waals surface area contributed by atoms with Crippen LogP contribution in [-0.2, 0) is 14.6 Å². The molecule has 166 valence electrons. The smallest absolute Gasteiger partial charge is 0.469 e. The lowest BCUT2D eigenvalue weighted by atomic mass is 9.84. The first-order valence-electron chi connectivity index (χ1n) is 10.9. The van der Waals surface area contributed by atoms with Crippen molar-refractivity contribution in [2.45, 2.75) is 70.4 Å². The lowest BCUT2D eigenvalue weighted by Gasteiger charge is -2.29. The van der Waals surface area contributed by atoms with E-state index >= 15 is 0 Å². The minimum atomic E-state index is -4.56. The van der Waals surface area contributed by atoms with Crippen LogP contribution < -0.4 is 10.5 Å². The second-order valence-corrected chi connectivity index (χ2v) is 10.0. The van der Waals surface area contributed by atoms with Gasteiger partial charge in [-0.2, -0.15) is 0 Å². The molecule has 1 unspecified atom stereocenters. The van der Waals surface area contributed by atoms with Gasteiger partial charge in [0.05, 0.1) is 18.2 Å². The van der Waals surface area contributed by atoms with Crippen molar-refractivity contribution in [3.8, 4) is 5.75 Å². The molecular weight excluding hydrogens is 401 g/mol. The fraction of sp³-hybridized carbons (Fsp3) is 0.565. The summed E-state index contributed by atoms with van der Waals surface area (Å²) in [5.74, 6) is 1.74. The summed E-state index contributed by atoms with van der Waals surface area (Å²) in [6.45, 7) is 3.67. The van der Waals surface area contributed by atoms with Gasteiger partial charge in [-0.1, -0.05) is 44.4 Å². The zero-order valence-corrected chi connectivity index (χ0v) is 18.8. The van der Waals surface area contributed by atoms with Gasteiger partial charge in [0.1, 0.15) is 5.75 Å². The molecule has 7 heteroatoms. The summed E-state index contributed by atoms with van der Waals surface area (Å²) in [6.07, 6.45) is 9.00. The number of phosphoric ester groups is 1. The van der Waals surface area contributed by atoms with Crippen LogP contribution in [0.5, 0.6) is 5.75 Å². The van der Waals surface area contributed by atoms with Crippen LogP contribution in [0.2, 0.25) is 0 Å². The Balaban J connectivity index is 1.63. The van der Waals surface area contributed by atoms with Gasteiger partial charge in [0.15, 0.2) is 0 Å². The van der Waals surface area contributed by atoms with Crippen LogP contribution in [0, 0.1) is 5.92 Å². The zero-order valence-electron chi connectivity index (χ0n) is 17.9. The molecule has 0 saturated heterocycles. The van der Waals surface area contributed by atoms with Gasteiger partial charge in [0, 0.05) is 0 Å². The van der Waals surface area contributed by atoms with E-state index in [2.05, 4.69) is 11.4 Å². The molecule has 1 aliphatic carbocycles. The molecule has 2 aromatic rings. The van der Waals surface area contributed by atoms with E-state index in [9.17, 15) is 4.57 Å². The number of rotatable bonds is 9. The third kappa shape index (κ3) is 6.53. The first-order chi connectivity index (χ1) is 14.2. The summed E-state index contributed by atoms with van der Waals surface area (Å²) in [4.78, 5) is 17.9. The maximum Gasteiger partial charge on any atom is 0.469 e. The van der Waals surface area contributed by atoms with E-state index in [-0.39, 0.29) is 12.7 Å². The molecule has 30 heavy (non-hydrogen) atoms. The average Bonchev–Trinajstić information content (AvgIpc) is 2.71. The SMILES string of the molecule is CCCCC1CCC(Oc2ccc3cc(C(C)(N)COP(=O)(O)O)ccc3c2)CC1. The molecule has 0 heterocycles. The second kappa shape index (κ2) is 9.80. The number of phosphoric acid groups is 1. The summed E-state index contributed by atoms with van der Waals surface area (Å²) < 4.78 is 21.9. The Kier molecular flexibility index (Phi) is 7.59. The molecule has 3 rings (SSSR count). The fourth-order valence-corrected chi connectivity index (χ4v) is 4.61. The van der Waals surface area contributed by atoms with Gasteiger partial charge < -0.3 is 20.3 Å². The van der Waals surface area contributed by atoms with E-state index in [1.807, 2.05) is 36.4 Å². The minimum absolute atomic E-state index is 0.273. The highest BCUT2D eigenvalue weighted by molar-refractivity contribution is 7.46. The number of hydrogen-bond acceptors (Lipinski definition) is 4. The number of hydrogen-bond donors (Lipinski definition) is 3. The third-order valence-corrected chi connectivity index (χ3v) is 6.53. The van der Waals surface area contributed by atoms with Crippen LogP contribution in [0.3, 0.4) is 0 Å². The largest absolute Gasteiger partial charge is 0.490 e. The molecule has 4 N–H and O–H groups in total. The minimum Gasteiger partial charge on any atom is -0.490 e. The maximum atomic E-state index is 11.0. The Bertz CT molecular complexity index is 886. The Labute approximate surface area is 179 Å². The predicted molar refractivity (Wildman–Crippen MR) is 119 cm³/mol. The average molecular weight is 436 g/mol. The van der Waals surface area contributed by atoms with Crippen LogP contribution in [0.15, 0.2) is 36.4 Å². The number of nitrogens with two attached hydrogens (primary N) is 1. The molecule has 1 fully saturated rings. The van der Waals surface area contributed by atoms with Crippen LogP contribution >= 0.6 is 7.82 Å². The van der Waals surface area contributed by atoms with Gasteiger partial charge >= 0.3 is 7.82 Å². The zero-order chi connectivity index (χ0) is 21.8. The summed E-state index contributed by atoms with van der Waals surface area (Å²) >= 11 is 0. The van der Waals surface area contributed by atoms with E-state index in [0.29, 0.717) is 0 Å². The number of benzene rings is 2. The topological polar surface area (TPSA) is 102 Å². The van der Waals surface area contributed by atoms with E-state index in [1.165, 1.54) is 32.1 Å². The molecule has 0 radical (unpaired) electrons. The number of unbranched alkanes of at least 4 members (excludes halogenated alkanes) is 1. The highest BCUT2D eigenvalue weighted by atomic mass is 31.2. The molecule has 0 bridgehead atoms. The predicted octanol–water partition coefficient (Wildman–Crippen LogP) is 5.25. The Morgan fingerprint density at radius 1 is 1.10 bits per heavy atom. The van der Waals surface area contributed by atoms with Gasteiger partial charge in [-0.05, 0) is 73.1 Å². The highest BCUT2D eigenvalue weighted by Gasteiger charge is 2.27. The fourth-order valence-electron chi connectivity index (χ4n) is 4.18. The van der Waals surface area contributed by atoms with Gasteiger partial charge in [0.2, 0.25) is 0 Å². The van der Waals surface area contributed by atoms with E-state index in [4.69, 9.17) is 20.3 Å². The van der Waals surface area contributed by atoms with Gasteiger partial charge in [-0.15, -0.1) is 0 Å². The van der Waals surface area contributed by atoms with Crippen molar-refractivity contribution >= 4 is 18.6 Å².